The zero-order valence-electron chi connectivity index (χ0n) is 10.9. The Kier molecular flexibility index (Phi) is 3.17. The number of para-hydroxylation sites is 1. The summed E-state index contributed by atoms with van der Waals surface area (Å²) >= 11 is 0. The van der Waals surface area contributed by atoms with Gasteiger partial charge in [0.1, 0.15) is 11.6 Å². The summed E-state index contributed by atoms with van der Waals surface area (Å²) in [6.45, 7) is 0. The SMILES string of the molecule is O=C(O)Cc1c(-c2ccc(F)cc2)[nH]c2c(F)cccc12. The first kappa shape index (κ1) is 13.3. The molecule has 1 heterocycles. The van der Waals surface area contributed by atoms with Gasteiger partial charge in [0.15, 0.2) is 0 Å². The number of aromatic nitrogens is 1. The highest BCUT2D eigenvalue weighted by atomic mass is 19.1. The van der Waals surface area contributed by atoms with Gasteiger partial charge >= 0.3 is 5.97 Å². The number of aliphatic carboxylic acids is 1. The molecule has 0 saturated heterocycles. The standard InChI is InChI=1S/C16H11F2NO2/c17-10-6-4-9(5-7-10)15-12(8-14(20)21)11-2-1-3-13(18)16(11)19-15/h1-7,19H,8H2,(H,20,21). The summed E-state index contributed by atoms with van der Waals surface area (Å²) in [5.74, 6) is -1.85. The van der Waals surface area contributed by atoms with Crippen LogP contribution in [0.25, 0.3) is 22.2 Å². The molecule has 0 aliphatic heterocycles. The lowest BCUT2D eigenvalue weighted by Crippen LogP contribution is -2.00. The van der Waals surface area contributed by atoms with Crippen LogP contribution in [0.5, 0.6) is 0 Å². The normalized spacial score (nSPS) is 11.0. The van der Waals surface area contributed by atoms with E-state index >= 15 is 0 Å². The van der Waals surface area contributed by atoms with E-state index in [-0.39, 0.29) is 17.8 Å². The number of hydrogen-bond donors (Lipinski definition) is 2. The molecule has 3 rings (SSSR count). The summed E-state index contributed by atoms with van der Waals surface area (Å²) in [5.41, 5.74) is 1.86. The minimum absolute atomic E-state index is 0.240. The smallest absolute Gasteiger partial charge is 0.307 e. The average Bonchev–Trinajstić information content (AvgIpc) is 2.80. The predicted octanol–water partition coefficient (Wildman–Crippen LogP) is 3.74. The zero-order chi connectivity index (χ0) is 15.0. The summed E-state index contributed by atoms with van der Waals surface area (Å²) in [4.78, 5) is 14.0. The van der Waals surface area contributed by atoms with Crippen molar-refractivity contribution in [3.63, 3.8) is 0 Å². The molecular weight excluding hydrogens is 276 g/mol. The van der Waals surface area contributed by atoms with Crippen LogP contribution < -0.4 is 0 Å². The Balaban J connectivity index is 2.27. The van der Waals surface area contributed by atoms with E-state index in [1.54, 1.807) is 6.07 Å². The summed E-state index contributed by atoms with van der Waals surface area (Å²) in [5, 5.41) is 9.59. The van der Waals surface area contributed by atoms with Gasteiger partial charge in [-0.25, -0.2) is 8.78 Å². The third kappa shape index (κ3) is 2.38. The number of nitrogens with one attached hydrogen (secondary N) is 1. The lowest BCUT2D eigenvalue weighted by Gasteiger charge is -2.03. The van der Waals surface area contributed by atoms with Crippen molar-refractivity contribution in [2.24, 2.45) is 0 Å². The van der Waals surface area contributed by atoms with Gasteiger partial charge < -0.3 is 10.1 Å². The van der Waals surface area contributed by atoms with Gasteiger partial charge in [-0.15, -0.1) is 0 Å². The van der Waals surface area contributed by atoms with Crippen LogP contribution >= 0.6 is 0 Å². The van der Waals surface area contributed by atoms with Crippen LogP contribution in [-0.2, 0) is 11.2 Å². The molecule has 0 unspecified atom stereocenters. The first-order valence-corrected chi connectivity index (χ1v) is 6.33. The van der Waals surface area contributed by atoms with E-state index in [9.17, 15) is 13.6 Å². The molecule has 0 radical (unpaired) electrons. The molecule has 2 N–H and O–H groups in total. The number of carbonyl (C=O) groups is 1. The molecule has 5 heteroatoms. The molecule has 3 nitrogen and oxygen atoms in total. The van der Waals surface area contributed by atoms with E-state index in [2.05, 4.69) is 4.98 Å². The van der Waals surface area contributed by atoms with Crippen LogP contribution in [0.4, 0.5) is 8.78 Å². The van der Waals surface area contributed by atoms with Crippen molar-refractivity contribution in [2.75, 3.05) is 0 Å². The third-order valence-electron chi connectivity index (χ3n) is 3.35. The van der Waals surface area contributed by atoms with Crippen molar-refractivity contribution in [1.29, 1.82) is 0 Å². The molecule has 0 saturated carbocycles. The molecule has 0 aliphatic rings. The van der Waals surface area contributed by atoms with E-state index in [1.807, 2.05) is 0 Å². The molecule has 0 spiro atoms. The fourth-order valence-electron chi connectivity index (χ4n) is 2.44. The van der Waals surface area contributed by atoms with Gasteiger partial charge in [0.2, 0.25) is 0 Å². The predicted molar refractivity (Wildman–Crippen MR) is 75.0 cm³/mol. The first-order chi connectivity index (χ1) is 10.1. The van der Waals surface area contributed by atoms with Crippen molar-refractivity contribution in [3.8, 4) is 11.3 Å². The Morgan fingerprint density at radius 3 is 2.48 bits per heavy atom. The second-order valence-electron chi connectivity index (χ2n) is 4.72. The van der Waals surface area contributed by atoms with Crippen LogP contribution in [0.3, 0.4) is 0 Å². The van der Waals surface area contributed by atoms with Gasteiger partial charge in [0.05, 0.1) is 17.6 Å². The van der Waals surface area contributed by atoms with Gasteiger partial charge in [-0.3, -0.25) is 4.79 Å². The number of carboxylic acid groups (broad SMARTS) is 1. The number of halogens is 2. The highest BCUT2D eigenvalue weighted by Gasteiger charge is 2.17. The molecule has 0 atom stereocenters. The van der Waals surface area contributed by atoms with E-state index in [0.29, 0.717) is 22.2 Å². The molecule has 0 amide bonds. The number of carboxylic acids is 1. The topological polar surface area (TPSA) is 53.1 Å². The van der Waals surface area contributed by atoms with Crippen molar-refractivity contribution in [1.82, 2.24) is 4.98 Å². The van der Waals surface area contributed by atoms with Gasteiger partial charge in [0, 0.05) is 5.39 Å². The molecular formula is C16H11F2NO2. The maximum absolute atomic E-state index is 13.9. The highest BCUT2D eigenvalue weighted by molar-refractivity contribution is 5.94. The largest absolute Gasteiger partial charge is 0.481 e. The highest BCUT2D eigenvalue weighted by Crippen LogP contribution is 2.32. The Morgan fingerprint density at radius 1 is 1.10 bits per heavy atom. The van der Waals surface area contributed by atoms with Crippen molar-refractivity contribution >= 4 is 16.9 Å². The van der Waals surface area contributed by atoms with Gasteiger partial charge in [-0.1, -0.05) is 12.1 Å². The second kappa shape index (κ2) is 5.01. The summed E-state index contributed by atoms with van der Waals surface area (Å²) in [7, 11) is 0. The van der Waals surface area contributed by atoms with Gasteiger partial charge in [0.25, 0.3) is 0 Å². The van der Waals surface area contributed by atoms with Crippen LogP contribution in [0.2, 0.25) is 0 Å². The van der Waals surface area contributed by atoms with E-state index in [4.69, 9.17) is 5.11 Å². The number of H-pyrrole nitrogens is 1. The molecule has 1 aromatic heterocycles. The molecule has 0 bridgehead atoms. The monoisotopic (exact) mass is 287 g/mol. The van der Waals surface area contributed by atoms with Crippen LogP contribution in [0, 0.1) is 11.6 Å². The summed E-state index contributed by atoms with van der Waals surface area (Å²) < 4.78 is 26.9. The lowest BCUT2D eigenvalue weighted by molar-refractivity contribution is -0.136. The van der Waals surface area contributed by atoms with Crippen molar-refractivity contribution in [2.45, 2.75) is 6.42 Å². The number of fused-ring (bicyclic) bond motifs is 1. The fourth-order valence-corrected chi connectivity index (χ4v) is 2.44. The fraction of sp³-hybridized carbons (Fsp3) is 0.0625. The van der Waals surface area contributed by atoms with E-state index < -0.39 is 11.8 Å². The second-order valence-corrected chi connectivity index (χ2v) is 4.72. The molecule has 2 aromatic carbocycles. The van der Waals surface area contributed by atoms with Crippen LogP contribution in [-0.4, -0.2) is 16.1 Å². The number of hydrogen-bond acceptors (Lipinski definition) is 1. The quantitative estimate of drug-likeness (QED) is 0.771. The van der Waals surface area contributed by atoms with E-state index in [0.717, 1.165) is 0 Å². The molecule has 3 aromatic rings. The summed E-state index contributed by atoms with van der Waals surface area (Å²) in [6, 6.07) is 10.1. The minimum Gasteiger partial charge on any atom is -0.481 e. The van der Waals surface area contributed by atoms with Crippen LogP contribution in [0.1, 0.15) is 5.56 Å². The minimum atomic E-state index is -1.01. The zero-order valence-corrected chi connectivity index (χ0v) is 10.9. The van der Waals surface area contributed by atoms with Gasteiger partial charge in [-0.05, 0) is 41.5 Å². The Labute approximate surface area is 118 Å². The van der Waals surface area contributed by atoms with Crippen molar-refractivity contribution in [3.05, 3.63) is 59.7 Å². The number of benzene rings is 2. The number of aromatic amines is 1. The summed E-state index contributed by atoms with van der Waals surface area (Å²) in [6.07, 6.45) is -0.240. The maximum Gasteiger partial charge on any atom is 0.307 e. The van der Waals surface area contributed by atoms with Crippen LogP contribution in [0.15, 0.2) is 42.5 Å². The third-order valence-corrected chi connectivity index (χ3v) is 3.35. The Hall–Kier alpha value is -2.69. The maximum atomic E-state index is 13.9. The molecule has 0 aliphatic carbocycles. The Morgan fingerprint density at radius 2 is 1.81 bits per heavy atom. The number of rotatable bonds is 3. The average molecular weight is 287 g/mol. The lowest BCUT2D eigenvalue weighted by atomic mass is 10.0. The molecule has 0 fully saturated rings. The van der Waals surface area contributed by atoms with Gasteiger partial charge in [-0.2, -0.15) is 0 Å². The molecule has 106 valence electrons. The Bertz CT molecular complexity index is 822. The molecule has 21 heavy (non-hydrogen) atoms. The van der Waals surface area contributed by atoms with E-state index in [1.165, 1.54) is 36.4 Å². The first-order valence-electron chi connectivity index (χ1n) is 6.33. The van der Waals surface area contributed by atoms with Crippen molar-refractivity contribution < 1.29 is 18.7 Å².